The number of aromatic nitrogens is 1. The summed E-state index contributed by atoms with van der Waals surface area (Å²) in [5, 5.41) is 11.1. The normalized spacial score (nSPS) is 19.4. The third-order valence-corrected chi connectivity index (χ3v) is 11.3. The number of amides is 3. The zero-order valence-electron chi connectivity index (χ0n) is 28.1. The second-order valence-electron chi connectivity index (χ2n) is 12.5. The van der Waals surface area contributed by atoms with Crippen molar-refractivity contribution in [1.82, 2.24) is 25.8 Å². The Morgan fingerprint density at radius 1 is 0.900 bits per heavy atom. The van der Waals surface area contributed by atoms with Crippen LogP contribution in [0.1, 0.15) is 48.8 Å². The number of nitrogens with two attached hydrogens (primary N) is 2. The molecule has 1 aromatic heterocycles. The summed E-state index contributed by atoms with van der Waals surface area (Å²) in [5.41, 5.74) is 15.3. The largest absolute Gasteiger partial charge is 0.361 e. The summed E-state index contributed by atoms with van der Waals surface area (Å²) in [7, 11) is 1.64. The number of aromatic amines is 1. The van der Waals surface area contributed by atoms with Crippen LogP contribution in [0.25, 0.3) is 10.9 Å². The van der Waals surface area contributed by atoms with Gasteiger partial charge >= 0.3 is 0 Å². The number of carbonyl (C=O) groups excluding carboxylic acids is 3. The lowest BCUT2D eigenvalue weighted by Gasteiger charge is -2.32. The smallest absolute Gasteiger partial charge is 0.245 e. The van der Waals surface area contributed by atoms with Gasteiger partial charge in [0, 0.05) is 57.9 Å². The van der Waals surface area contributed by atoms with Crippen molar-refractivity contribution < 1.29 is 14.4 Å². The Bertz CT molecular complexity index is 1800. The zero-order valence-corrected chi connectivity index (χ0v) is 31.3. The first-order valence-corrected chi connectivity index (χ1v) is 19.0. The van der Waals surface area contributed by atoms with Gasteiger partial charge < -0.3 is 37.3 Å². The molecular formula is C37H45BrClN7O3S. The molecule has 0 bridgehead atoms. The fourth-order valence-electron chi connectivity index (χ4n) is 6.20. The maximum absolute atomic E-state index is 14.4. The summed E-state index contributed by atoms with van der Waals surface area (Å²) in [5.74, 6) is -0.949. The van der Waals surface area contributed by atoms with E-state index in [2.05, 4.69) is 36.9 Å². The molecule has 266 valence electrons. The topological polar surface area (TPSA) is 158 Å². The van der Waals surface area contributed by atoms with Crippen LogP contribution in [0.4, 0.5) is 0 Å². The molecule has 3 aromatic carbocycles. The van der Waals surface area contributed by atoms with Crippen LogP contribution in [-0.4, -0.2) is 65.9 Å². The van der Waals surface area contributed by atoms with Crippen LogP contribution in [-0.2, 0) is 33.9 Å². The summed E-state index contributed by atoms with van der Waals surface area (Å²) < 4.78 is 0.899. The van der Waals surface area contributed by atoms with Gasteiger partial charge in [-0.15, -0.1) is 0 Å². The Balaban J connectivity index is 1.57. The minimum Gasteiger partial charge on any atom is -0.361 e. The molecule has 0 saturated heterocycles. The number of rotatable bonds is 9. The number of likely N-dealkylation sites (N-methyl/N-ethyl adjacent to an activating group) is 1. The van der Waals surface area contributed by atoms with Gasteiger partial charge in [0.2, 0.25) is 17.7 Å². The molecule has 0 radical (unpaired) electrons. The van der Waals surface area contributed by atoms with Crippen molar-refractivity contribution in [3.63, 3.8) is 0 Å². The van der Waals surface area contributed by atoms with Gasteiger partial charge in [-0.05, 0) is 86.1 Å². The van der Waals surface area contributed by atoms with Crippen LogP contribution in [0.2, 0.25) is 5.02 Å². The molecule has 0 fully saturated rings. The number of nitrogens with one attached hydrogen (secondary N) is 4. The molecule has 3 amide bonds. The van der Waals surface area contributed by atoms with Gasteiger partial charge in [-0.25, -0.2) is 0 Å². The van der Waals surface area contributed by atoms with Gasteiger partial charge in [0.15, 0.2) is 0 Å². The number of hydrogen-bond acceptors (Lipinski definition) is 7. The predicted octanol–water partition coefficient (Wildman–Crippen LogP) is 5.25. The summed E-state index contributed by atoms with van der Waals surface area (Å²) in [4.78, 5) is 49.1. The molecular weight excluding hydrogens is 738 g/mol. The molecule has 3 atom stereocenters. The molecule has 4 aromatic rings. The van der Waals surface area contributed by atoms with Crippen molar-refractivity contribution in [2.75, 3.05) is 20.1 Å². The Morgan fingerprint density at radius 3 is 2.48 bits per heavy atom. The third kappa shape index (κ3) is 9.48. The van der Waals surface area contributed by atoms with E-state index in [1.54, 1.807) is 7.05 Å². The molecule has 13 heteroatoms. The van der Waals surface area contributed by atoms with Crippen molar-refractivity contribution in [2.45, 2.75) is 79.5 Å². The van der Waals surface area contributed by atoms with Gasteiger partial charge in [-0.3, -0.25) is 14.4 Å². The molecule has 50 heavy (non-hydrogen) atoms. The lowest BCUT2D eigenvalue weighted by molar-refractivity contribution is -0.142. The van der Waals surface area contributed by atoms with Crippen molar-refractivity contribution in [2.24, 2.45) is 11.5 Å². The maximum Gasteiger partial charge on any atom is 0.245 e. The average molecular weight is 783 g/mol. The van der Waals surface area contributed by atoms with E-state index < -0.39 is 18.1 Å². The number of benzene rings is 3. The molecule has 10 nitrogen and oxygen atoms in total. The number of unbranched alkanes of at least 4 members (excludes halogenated alkanes) is 1. The molecule has 1 aliphatic rings. The highest BCUT2D eigenvalue weighted by Crippen LogP contribution is 2.39. The molecule has 0 aliphatic carbocycles. The van der Waals surface area contributed by atoms with Crippen molar-refractivity contribution in [3.8, 4) is 0 Å². The van der Waals surface area contributed by atoms with Crippen LogP contribution in [0, 0.1) is 0 Å². The van der Waals surface area contributed by atoms with E-state index in [1.807, 2.05) is 66.9 Å². The maximum atomic E-state index is 14.4. The number of halogens is 2. The molecule has 5 rings (SSSR count). The zero-order chi connectivity index (χ0) is 35.6. The number of H-pyrrole nitrogens is 1. The van der Waals surface area contributed by atoms with Crippen LogP contribution in [0.5, 0.6) is 0 Å². The number of hydrogen-bond donors (Lipinski definition) is 6. The lowest BCUT2D eigenvalue weighted by Crippen LogP contribution is -2.57. The molecule has 3 unspecified atom stereocenters. The van der Waals surface area contributed by atoms with Crippen molar-refractivity contribution in [3.05, 3.63) is 93.0 Å². The number of fused-ring (bicyclic) bond motifs is 3. The van der Waals surface area contributed by atoms with Gasteiger partial charge in [0.05, 0.1) is 11.1 Å². The molecule has 8 N–H and O–H groups in total. The van der Waals surface area contributed by atoms with Crippen LogP contribution in [0.15, 0.2) is 81.1 Å². The van der Waals surface area contributed by atoms with E-state index in [4.69, 9.17) is 23.1 Å². The second kappa shape index (κ2) is 18.2. The standard InChI is InChI=1S/C37H45BrClN7O3S/c1-46-32(18-25-22-42-29-11-3-2-9-27(25)29)36(48)44-21-24-8-6-10-28(39)34(24)50-33-19-26(38)15-14-23(33)20-43-30(13-7-17-41)35(47)45-31(37(46)49)12-4-5-16-40/h2-3,6,8-11,14-15,19,22,30-32,42-43H,4-5,7,12-13,16-18,20-21,40-41H2,1H3,(H,44,48)(H,45,47). The number of carbonyl (C=O) groups is 3. The van der Waals surface area contributed by atoms with E-state index in [-0.39, 0.29) is 30.7 Å². The average Bonchev–Trinajstić information content (AvgIpc) is 3.52. The fraction of sp³-hybridized carbons (Fsp3) is 0.378. The van der Waals surface area contributed by atoms with E-state index in [0.717, 1.165) is 41.9 Å². The second-order valence-corrected chi connectivity index (χ2v) is 14.9. The van der Waals surface area contributed by atoms with E-state index in [1.165, 1.54) is 16.7 Å². The van der Waals surface area contributed by atoms with Gasteiger partial charge in [0.25, 0.3) is 0 Å². The highest BCUT2D eigenvalue weighted by molar-refractivity contribution is 9.10. The summed E-state index contributed by atoms with van der Waals surface area (Å²) in [6.07, 6.45) is 4.98. The van der Waals surface area contributed by atoms with Crippen LogP contribution in [0.3, 0.4) is 0 Å². The Hall–Kier alpha value is -3.39. The minimum absolute atomic E-state index is 0.202. The fourth-order valence-corrected chi connectivity index (χ4v) is 8.14. The highest BCUT2D eigenvalue weighted by atomic mass is 79.9. The lowest BCUT2D eigenvalue weighted by atomic mass is 10.0. The first-order chi connectivity index (χ1) is 24.2. The Kier molecular flexibility index (Phi) is 13.8. The number of nitrogens with zero attached hydrogens (tertiary/aromatic N) is 1. The molecule has 2 heterocycles. The molecule has 0 saturated carbocycles. The highest BCUT2D eigenvalue weighted by Gasteiger charge is 2.34. The Labute approximate surface area is 311 Å². The predicted molar refractivity (Wildman–Crippen MR) is 204 cm³/mol. The van der Waals surface area contributed by atoms with E-state index >= 15 is 0 Å². The summed E-state index contributed by atoms with van der Waals surface area (Å²) >= 11 is 11.9. The van der Waals surface area contributed by atoms with Gasteiger partial charge in [-0.2, -0.15) is 0 Å². The van der Waals surface area contributed by atoms with Crippen LogP contribution >= 0.6 is 39.3 Å². The molecule has 1 aliphatic heterocycles. The van der Waals surface area contributed by atoms with Crippen LogP contribution < -0.4 is 27.4 Å². The van der Waals surface area contributed by atoms with Crippen molar-refractivity contribution >= 4 is 67.9 Å². The van der Waals surface area contributed by atoms with Gasteiger partial charge in [0.1, 0.15) is 12.1 Å². The quantitative estimate of drug-likeness (QED) is 0.127. The minimum atomic E-state index is -0.871. The Morgan fingerprint density at radius 2 is 1.68 bits per heavy atom. The van der Waals surface area contributed by atoms with E-state index in [0.29, 0.717) is 56.8 Å². The van der Waals surface area contributed by atoms with Crippen molar-refractivity contribution in [1.29, 1.82) is 0 Å². The van der Waals surface area contributed by atoms with E-state index in [9.17, 15) is 14.4 Å². The third-order valence-electron chi connectivity index (χ3n) is 9.06. The first-order valence-electron chi connectivity index (χ1n) is 17.0. The first kappa shape index (κ1) is 37.9. The summed E-state index contributed by atoms with van der Waals surface area (Å²) in [6, 6.07) is 17.2. The van der Waals surface area contributed by atoms with Gasteiger partial charge in [-0.1, -0.05) is 75.7 Å². The SMILES string of the molecule is CN1C(=O)C(CCCCN)NC(=O)C(CCCN)NCc2ccc(Br)cc2Sc2c(Cl)cccc2CNC(=O)C1Cc1c[nH]c2ccccc12. The monoisotopic (exact) mass is 781 g/mol. The number of para-hydroxylation sites is 1. The summed E-state index contributed by atoms with van der Waals surface area (Å²) in [6.45, 7) is 1.49. The molecule has 0 spiro atoms.